The van der Waals surface area contributed by atoms with E-state index in [9.17, 15) is 0 Å². The molecule has 0 spiro atoms. The van der Waals surface area contributed by atoms with Gasteiger partial charge in [-0.15, -0.1) is 0 Å². The molecule has 14 heavy (non-hydrogen) atoms. The maximum absolute atomic E-state index is 4.55. The molecule has 1 fully saturated rings. The largest absolute Gasteiger partial charge is 0.371 e. The van der Waals surface area contributed by atoms with Crippen LogP contribution >= 0.6 is 0 Å². The first-order valence-electron chi connectivity index (χ1n) is 6.18. The van der Waals surface area contributed by atoms with Gasteiger partial charge in [0.25, 0.3) is 0 Å². The molecule has 0 aromatic carbocycles. The van der Waals surface area contributed by atoms with E-state index in [-0.39, 0.29) is 0 Å². The van der Waals surface area contributed by atoms with Gasteiger partial charge in [0.05, 0.1) is 5.84 Å². The van der Waals surface area contributed by atoms with Crippen LogP contribution in [0.2, 0.25) is 0 Å². The van der Waals surface area contributed by atoms with Crippen LogP contribution in [0.4, 0.5) is 0 Å². The van der Waals surface area contributed by atoms with Gasteiger partial charge in [-0.05, 0) is 31.6 Å². The molecule has 2 nitrogen and oxygen atoms in total. The van der Waals surface area contributed by atoms with E-state index in [1.54, 1.807) is 0 Å². The van der Waals surface area contributed by atoms with Crippen molar-refractivity contribution in [1.29, 1.82) is 0 Å². The number of rotatable bonds is 4. The summed E-state index contributed by atoms with van der Waals surface area (Å²) in [5, 5.41) is 3.63. The summed E-state index contributed by atoms with van der Waals surface area (Å²) in [6.45, 7) is 3.33. The van der Waals surface area contributed by atoms with Crippen LogP contribution in [0.1, 0.15) is 51.9 Å². The number of amidine groups is 1. The minimum atomic E-state index is 0.694. The lowest BCUT2D eigenvalue weighted by Crippen LogP contribution is -2.35. The summed E-state index contributed by atoms with van der Waals surface area (Å²) in [6.07, 6.45) is 9.33. The van der Waals surface area contributed by atoms with Gasteiger partial charge < -0.3 is 5.32 Å². The molecule has 0 amide bonds. The van der Waals surface area contributed by atoms with Crippen LogP contribution < -0.4 is 5.32 Å². The molecule has 2 rings (SSSR count). The summed E-state index contributed by atoms with van der Waals surface area (Å²) in [5.41, 5.74) is 0. The lowest BCUT2D eigenvalue weighted by molar-refractivity contribution is 0.502. The Kier molecular flexibility index (Phi) is 3.44. The molecule has 1 atom stereocenters. The van der Waals surface area contributed by atoms with Crippen LogP contribution in [0.15, 0.2) is 4.99 Å². The van der Waals surface area contributed by atoms with Crippen LogP contribution in [0.25, 0.3) is 0 Å². The highest BCUT2D eigenvalue weighted by Crippen LogP contribution is 2.34. The maximum atomic E-state index is 4.55. The molecule has 1 N–H and O–H groups in total. The monoisotopic (exact) mass is 194 g/mol. The lowest BCUT2D eigenvalue weighted by atomic mass is 10.1. The second-order valence-corrected chi connectivity index (χ2v) is 4.71. The van der Waals surface area contributed by atoms with Gasteiger partial charge in [-0.2, -0.15) is 0 Å². The zero-order valence-corrected chi connectivity index (χ0v) is 9.26. The van der Waals surface area contributed by atoms with Crippen molar-refractivity contribution >= 4 is 5.84 Å². The molecule has 1 heterocycles. The van der Waals surface area contributed by atoms with Gasteiger partial charge in [-0.25, -0.2) is 0 Å². The summed E-state index contributed by atoms with van der Waals surface area (Å²) in [5.74, 6) is 2.31. The summed E-state index contributed by atoms with van der Waals surface area (Å²) in [6, 6.07) is 0.694. The third-order valence-corrected chi connectivity index (χ3v) is 3.30. The normalized spacial score (nSPS) is 24.2. The van der Waals surface area contributed by atoms with Gasteiger partial charge in [0, 0.05) is 19.0 Å². The first-order chi connectivity index (χ1) is 6.88. The van der Waals surface area contributed by atoms with Crippen molar-refractivity contribution in [2.45, 2.75) is 57.9 Å². The molecule has 2 aliphatic rings. The van der Waals surface area contributed by atoms with Crippen LogP contribution in [0, 0.1) is 5.92 Å². The first-order valence-corrected chi connectivity index (χ1v) is 6.18. The van der Waals surface area contributed by atoms with E-state index in [4.69, 9.17) is 0 Å². The maximum Gasteiger partial charge on any atom is 0.0965 e. The van der Waals surface area contributed by atoms with Gasteiger partial charge in [0.15, 0.2) is 0 Å². The number of hydrogen-bond donors (Lipinski definition) is 1. The van der Waals surface area contributed by atoms with E-state index < -0.39 is 0 Å². The van der Waals surface area contributed by atoms with E-state index >= 15 is 0 Å². The number of nitrogens with one attached hydrogen (secondary N) is 1. The zero-order valence-electron chi connectivity index (χ0n) is 9.26. The van der Waals surface area contributed by atoms with Crippen molar-refractivity contribution in [2.75, 3.05) is 6.54 Å². The number of nitrogens with zero attached hydrogens (tertiary/aromatic N) is 1. The van der Waals surface area contributed by atoms with Gasteiger partial charge in [0.1, 0.15) is 0 Å². The van der Waals surface area contributed by atoms with Crippen molar-refractivity contribution in [3.05, 3.63) is 0 Å². The van der Waals surface area contributed by atoms with Gasteiger partial charge in [-0.1, -0.05) is 19.8 Å². The molecule has 1 saturated carbocycles. The Bertz CT molecular complexity index is 206. The molecule has 1 aliphatic carbocycles. The quantitative estimate of drug-likeness (QED) is 0.731. The van der Waals surface area contributed by atoms with Gasteiger partial charge >= 0.3 is 0 Å². The smallest absolute Gasteiger partial charge is 0.0965 e. The van der Waals surface area contributed by atoms with E-state index in [0.29, 0.717) is 6.04 Å². The standard InChI is InChI=1S/C12H22N2/c1-2-11(9-10-6-7-10)14-12-5-3-4-8-13-12/h10-11H,2-9H2,1H3,(H,13,14). The summed E-state index contributed by atoms with van der Waals surface area (Å²) in [4.78, 5) is 4.55. The molecule has 0 aromatic rings. The summed E-state index contributed by atoms with van der Waals surface area (Å²) >= 11 is 0. The van der Waals surface area contributed by atoms with Gasteiger partial charge in [-0.3, -0.25) is 4.99 Å². The van der Waals surface area contributed by atoms with Gasteiger partial charge in [0.2, 0.25) is 0 Å². The Balaban J connectivity index is 1.76. The Morgan fingerprint density at radius 2 is 2.29 bits per heavy atom. The van der Waals surface area contributed by atoms with E-state index in [0.717, 1.165) is 12.5 Å². The van der Waals surface area contributed by atoms with Crippen molar-refractivity contribution in [3.8, 4) is 0 Å². The number of aliphatic imine (C=N–C) groups is 1. The SMILES string of the molecule is CCC(CC1CC1)NC1=NCCCC1. The fourth-order valence-corrected chi connectivity index (χ4v) is 2.13. The Morgan fingerprint density at radius 1 is 1.43 bits per heavy atom. The second kappa shape index (κ2) is 4.81. The zero-order chi connectivity index (χ0) is 9.80. The molecular weight excluding hydrogens is 172 g/mol. The fraction of sp³-hybridized carbons (Fsp3) is 0.917. The summed E-state index contributed by atoms with van der Waals surface area (Å²) < 4.78 is 0. The Labute approximate surface area is 87.2 Å². The van der Waals surface area contributed by atoms with Crippen molar-refractivity contribution in [3.63, 3.8) is 0 Å². The fourth-order valence-electron chi connectivity index (χ4n) is 2.13. The van der Waals surface area contributed by atoms with Crippen molar-refractivity contribution < 1.29 is 0 Å². The Morgan fingerprint density at radius 3 is 2.86 bits per heavy atom. The minimum Gasteiger partial charge on any atom is -0.371 e. The van der Waals surface area contributed by atoms with Crippen LogP contribution in [-0.4, -0.2) is 18.4 Å². The minimum absolute atomic E-state index is 0.694. The average Bonchev–Trinajstić information content (AvgIpc) is 3.02. The molecule has 0 aromatic heterocycles. The van der Waals surface area contributed by atoms with E-state index in [1.165, 1.54) is 50.8 Å². The molecule has 1 unspecified atom stereocenters. The predicted octanol–water partition coefficient (Wildman–Crippen LogP) is 2.74. The molecule has 80 valence electrons. The lowest BCUT2D eigenvalue weighted by Gasteiger charge is -2.21. The van der Waals surface area contributed by atoms with Crippen LogP contribution in [0.5, 0.6) is 0 Å². The molecule has 0 saturated heterocycles. The molecule has 0 radical (unpaired) electrons. The molecule has 0 bridgehead atoms. The van der Waals surface area contributed by atoms with Crippen molar-refractivity contribution in [2.24, 2.45) is 10.9 Å². The number of hydrogen-bond acceptors (Lipinski definition) is 2. The van der Waals surface area contributed by atoms with Crippen LogP contribution in [0.3, 0.4) is 0 Å². The highest BCUT2D eigenvalue weighted by Gasteiger charge is 2.25. The third kappa shape index (κ3) is 3.00. The second-order valence-electron chi connectivity index (χ2n) is 4.71. The average molecular weight is 194 g/mol. The third-order valence-electron chi connectivity index (χ3n) is 3.30. The van der Waals surface area contributed by atoms with E-state index in [2.05, 4.69) is 17.2 Å². The van der Waals surface area contributed by atoms with E-state index in [1.807, 2.05) is 0 Å². The molecular formula is C12H22N2. The molecule has 2 heteroatoms. The van der Waals surface area contributed by atoms with Crippen LogP contribution in [-0.2, 0) is 0 Å². The highest BCUT2D eigenvalue weighted by atomic mass is 15.0. The molecule has 1 aliphatic heterocycles. The first kappa shape index (κ1) is 10.0. The Hall–Kier alpha value is -0.530. The topological polar surface area (TPSA) is 24.4 Å². The highest BCUT2D eigenvalue weighted by molar-refractivity contribution is 5.82. The summed E-state index contributed by atoms with van der Waals surface area (Å²) in [7, 11) is 0. The van der Waals surface area contributed by atoms with Crippen molar-refractivity contribution in [1.82, 2.24) is 5.32 Å². The predicted molar refractivity (Wildman–Crippen MR) is 60.7 cm³/mol.